The molecule has 2 amide bonds. The highest BCUT2D eigenvalue weighted by atomic mass is 16.2. The van der Waals surface area contributed by atoms with E-state index in [2.05, 4.69) is 40.7 Å². The van der Waals surface area contributed by atoms with Crippen molar-refractivity contribution in [1.82, 2.24) is 10.0 Å². The molecule has 2 aliphatic rings. The van der Waals surface area contributed by atoms with Gasteiger partial charge in [0.25, 0.3) is 0 Å². The molecule has 5 nitrogen and oxygen atoms in total. The smallest absolute Gasteiger partial charge is 0.306 e. The van der Waals surface area contributed by atoms with Gasteiger partial charge in [-0.2, -0.15) is 0 Å². The van der Waals surface area contributed by atoms with Gasteiger partial charge in [0.1, 0.15) is 0 Å². The van der Waals surface area contributed by atoms with Gasteiger partial charge in [0.15, 0.2) is 5.78 Å². The summed E-state index contributed by atoms with van der Waals surface area (Å²) in [6.45, 7) is 4.16. The first-order valence-electron chi connectivity index (χ1n) is 10.2. The summed E-state index contributed by atoms with van der Waals surface area (Å²) >= 11 is 0. The number of Topliss-reactive ketones (excluding diaryl/α,β-unsaturated/α-hetero) is 1. The average Bonchev–Trinajstić information content (AvgIpc) is 2.74. The predicted octanol–water partition coefficient (Wildman–Crippen LogP) is 4.50. The van der Waals surface area contributed by atoms with Crippen LogP contribution in [0.3, 0.4) is 0 Å². The van der Waals surface area contributed by atoms with E-state index in [4.69, 9.17) is 0 Å². The highest BCUT2D eigenvalue weighted by Gasteiger charge is 2.31. The van der Waals surface area contributed by atoms with Gasteiger partial charge in [-0.1, -0.05) is 37.3 Å². The van der Waals surface area contributed by atoms with E-state index in [1.807, 2.05) is 19.1 Å². The van der Waals surface area contributed by atoms with Crippen LogP contribution in [-0.4, -0.2) is 34.9 Å². The van der Waals surface area contributed by atoms with Crippen LogP contribution in [0.15, 0.2) is 48.5 Å². The van der Waals surface area contributed by atoms with Crippen LogP contribution in [0.2, 0.25) is 0 Å². The standard InChI is InChI=1S/C23H27N3O2/c1-2-22(27)19-8-9-21-20(15-19)16-26(23(28)24-21)25-12-10-18(11-13-25)14-17-6-4-3-5-7-17/h3-9,15,18H,2,10-14,16H2,1H3,(H,24,28). The van der Waals surface area contributed by atoms with Gasteiger partial charge in [-0.3, -0.25) is 9.80 Å². The summed E-state index contributed by atoms with van der Waals surface area (Å²) < 4.78 is 0. The average molecular weight is 377 g/mol. The fraction of sp³-hybridized carbons (Fsp3) is 0.391. The summed E-state index contributed by atoms with van der Waals surface area (Å²) in [6, 6.07) is 16.1. The molecule has 28 heavy (non-hydrogen) atoms. The molecule has 146 valence electrons. The van der Waals surface area contributed by atoms with Gasteiger partial charge in [0.2, 0.25) is 0 Å². The second-order valence-corrected chi connectivity index (χ2v) is 7.72. The van der Waals surface area contributed by atoms with Gasteiger partial charge in [0, 0.05) is 30.8 Å². The van der Waals surface area contributed by atoms with Gasteiger partial charge in [-0.15, -0.1) is 0 Å². The lowest BCUT2D eigenvalue weighted by Gasteiger charge is -2.41. The summed E-state index contributed by atoms with van der Waals surface area (Å²) in [7, 11) is 0. The van der Waals surface area contributed by atoms with E-state index in [1.165, 1.54) is 5.56 Å². The second-order valence-electron chi connectivity index (χ2n) is 7.72. The number of hydrogen-bond donors (Lipinski definition) is 1. The highest BCUT2D eigenvalue weighted by molar-refractivity contribution is 5.98. The second kappa shape index (κ2) is 8.15. The summed E-state index contributed by atoms with van der Waals surface area (Å²) in [5.74, 6) is 0.792. The molecule has 0 radical (unpaired) electrons. The third-order valence-corrected chi connectivity index (χ3v) is 5.84. The number of hydrazine groups is 1. The molecule has 0 unspecified atom stereocenters. The number of hydrogen-bond acceptors (Lipinski definition) is 3. The van der Waals surface area contributed by atoms with Crippen LogP contribution in [0.5, 0.6) is 0 Å². The van der Waals surface area contributed by atoms with Crippen molar-refractivity contribution in [2.45, 2.75) is 39.2 Å². The number of nitrogens with one attached hydrogen (secondary N) is 1. The van der Waals surface area contributed by atoms with Crippen LogP contribution in [0.25, 0.3) is 0 Å². The van der Waals surface area contributed by atoms with Crippen LogP contribution in [0.1, 0.15) is 47.7 Å². The maximum Gasteiger partial charge on any atom is 0.336 e. The molecular weight excluding hydrogens is 350 g/mol. The van der Waals surface area contributed by atoms with Crippen LogP contribution >= 0.6 is 0 Å². The van der Waals surface area contributed by atoms with Gasteiger partial charge < -0.3 is 5.32 Å². The molecule has 1 fully saturated rings. The quantitative estimate of drug-likeness (QED) is 0.781. The number of ketones is 1. The molecule has 0 saturated carbocycles. The molecule has 0 spiro atoms. The summed E-state index contributed by atoms with van der Waals surface area (Å²) in [5.41, 5.74) is 3.93. The molecule has 2 heterocycles. The Kier molecular flexibility index (Phi) is 5.44. The van der Waals surface area contributed by atoms with Crippen LogP contribution in [0.4, 0.5) is 10.5 Å². The maximum atomic E-state index is 12.6. The van der Waals surface area contributed by atoms with E-state index in [9.17, 15) is 9.59 Å². The van der Waals surface area contributed by atoms with E-state index in [1.54, 1.807) is 11.1 Å². The van der Waals surface area contributed by atoms with Crippen molar-refractivity contribution in [1.29, 1.82) is 0 Å². The summed E-state index contributed by atoms with van der Waals surface area (Å²) in [6.07, 6.45) is 3.76. The van der Waals surface area contributed by atoms with Crippen LogP contribution < -0.4 is 5.32 Å². The fourth-order valence-corrected chi connectivity index (χ4v) is 4.18. The molecule has 0 aliphatic carbocycles. The Morgan fingerprint density at radius 2 is 1.86 bits per heavy atom. The van der Waals surface area contributed by atoms with Crippen LogP contribution in [0, 0.1) is 5.92 Å². The minimum Gasteiger partial charge on any atom is -0.306 e. The van der Waals surface area contributed by atoms with Crippen LogP contribution in [-0.2, 0) is 13.0 Å². The molecule has 2 aliphatic heterocycles. The number of fused-ring (bicyclic) bond motifs is 1. The number of nitrogens with zero attached hydrogens (tertiary/aromatic N) is 2. The number of benzene rings is 2. The number of carbonyl (C=O) groups excluding carboxylic acids is 2. The molecule has 1 saturated heterocycles. The van der Waals surface area contributed by atoms with Gasteiger partial charge in [-0.25, -0.2) is 9.80 Å². The van der Waals surface area contributed by atoms with E-state index in [0.29, 0.717) is 18.9 Å². The van der Waals surface area contributed by atoms with Crippen molar-refractivity contribution in [2.24, 2.45) is 5.92 Å². The minimum atomic E-state index is -0.0800. The Balaban J connectivity index is 1.40. The topological polar surface area (TPSA) is 52.7 Å². The monoisotopic (exact) mass is 377 g/mol. The van der Waals surface area contributed by atoms with Crippen molar-refractivity contribution >= 4 is 17.5 Å². The zero-order chi connectivity index (χ0) is 19.5. The van der Waals surface area contributed by atoms with Crippen molar-refractivity contribution in [2.75, 3.05) is 18.4 Å². The Labute approximate surface area is 166 Å². The van der Waals surface area contributed by atoms with Crippen molar-refractivity contribution in [3.8, 4) is 0 Å². The number of anilines is 1. The Hall–Kier alpha value is -2.66. The normalized spacial score (nSPS) is 17.9. The van der Waals surface area contributed by atoms with Crippen molar-refractivity contribution in [3.05, 3.63) is 65.2 Å². The molecular formula is C23H27N3O2. The highest BCUT2D eigenvalue weighted by Crippen LogP contribution is 2.29. The lowest BCUT2D eigenvalue weighted by Crippen LogP contribution is -2.53. The lowest BCUT2D eigenvalue weighted by molar-refractivity contribution is -0.0161. The van der Waals surface area contributed by atoms with E-state index in [-0.39, 0.29) is 11.8 Å². The third-order valence-electron chi connectivity index (χ3n) is 5.84. The Morgan fingerprint density at radius 3 is 2.57 bits per heavy atom. The summed E-state index contributed by atoms with van der Waals surface area (Å²) in [5, 5.41) is 6.94. The Morgan fingerprint density at radius 1 is 1.11 bits per heavy atom. The molecule has 0 bridgehead atoms. The minimum absolute atomic E-state index is 0.0800. The van der Waals surface area contributed by atoms with Crippen molar-refractivity contribution < 1.29 is 9.59 Å². The molecule has 0 atom stereocenters. The SMILES string of the molecule is CCC(=O)c1ccc2c(c1)CN(N1CCC(Cc3ccccc3)CC1)C(=O)N2. The molecule has 1 N–H and O–H groups in total. The largest absolute Gasteiger partial charge is 0.336 e. The van der Waals surface area contributed by atoms with E-state index < -0.39 is 0 Å². The lowest BCUT2D eigenvalue weighted by atomic mass is 9.90. The third kappa shape index (κ3) is 3.94. The molecule has 0 aromatic heterocycles. The zero-order valence-corrected chi connectivity index (χ0v) is 16.4. The van der Waals surface area contributed by atoms with Gasteiger partial charge in [0.05, 0.1) is 6.54 Å². The predicted molar refractivity (Wildman–Crippen MR) is 110 cm³/mol. The first-order valence-corrected chi connectivity index (χ1v) is 10.2. The Bertz CT molecular complexity index is 857. The number of amides is 2. The van der Waals surface area contributed by atoms with E-state index >= 15 is 0 Å². The maximum absolute atomic E-state index is 12.6. The molecule has 2 aromatic carbocycles. The van der Waals surface area contributed by atoms with Crippen molar-refractivity contribution in [3.63, 3.8) is 0 Å². The number of rotatable bonds is 5. The summed E-state index contributed by atoms with van der Waals surface area (Å²) in [4.78, 5) is 24.6. The molecule has 2 aromatic rings. The first-order chi connectivity index (χ1) is 13.6. The van der Waals surface area contributed by atoms with Gasteiger partial charge >= 0.3 is 6.03 Å². The first kappa shape index (κ1) is 18.7. The molecule has 5 heteroatoms. The number of urea groups is 1. The number of carbonyl (C=O) groups is 2. The number of piperidine rings is 1. The van der Waals surface area contributed by atoms with Gasteiger partial charge in [-0.05, 0) is 54.5 Å². The zero-order valence-electron chi connectivity index (χ0n) is 16.4. The van der Waals surface area contributed by atoms with E-state index in [0.717, 1.165) is 49.2 Å². The molecule has 4 rings (SSSR count). The fourth-order valence-electron chi connectivity index (χ4n) is 4.18.